The summed E-state index contributed by atoms with van der Waals surface area (Å²) in [6.45, 7) is 4.01. The van der Waals surface area contributed by atoms with Crippen molar-refractivity contribution in [3.63, 3.8) is 0 Å². The van der Waals surface area contributed by atoms with Gasteiger partial charge in [-0.15, -0.1) is 0 Å². The first-order valence-electron chi connectivity index (χ1n) is 9.05. The molecule has 0 aliphatic carbocycles. The maximum absolute atomic E-state index is 13.1. The highest BCUT2D eigenvalue weighted by Gasteiger charge is 2.49. The quantitative estimate of drug-likeness (QED) is 0.619. The first-order valence-corrected chi connectivity index (χ1v) is 9.05. The molecule has 1 fully saturated rings. The van der Waals surface area contributed by atoms with E-state index in [2.05, 4.69) is 5.32 Å². The van der Waals surface area contributed by atoms with Gasteiger partial charge in [-0.05, 0) is 37.6 Å². The van der Waals surface area contributed by atoms with Gasteiger partial charge in [-0.2, -0.15) is 0 Å². The molecule has 4 rings (SSSR count). The molecule has 0 bridgehead atoms. The Labute approximate surface area is 166 Å². The number of ether oxygens (including phenoxy) is 3. The lowest BCUT2D eigenvalue weighted by Gasteiger charge is -2.25. The number of nitrogens with zero attached hydrogens (tertiary/aromatic N) is 1. The number of methoxy groups -OCH3 is 1. The van der Waals surface area contributed by atoms with Crippen LogP contribution in [-0.2, 0) is 21.6 Å². The number of benzene rings is 1. The van der Waals surface area contributed by atoms with Crippen LogP contribution in [0.15, 0.2) is 28.7 Å². The Bertz CT molecular complexity index is 1010. The van der Waals surface area contributed by atoms with Gasteiger partial charge < -0.3 is 23.9 Å². The zero-order valence-corrected chi connectivity index (χ0v) is 16.2. The fourth-order valence-corrected chi connectivity index (χ4v) is 3.48. The normalized spacial score (nSPS) is 20.6. The highest BCUT2D eigenvalue weighted by atomic mass is 16.6. The summed E-state index contributed by atoms with van der Waals surface area (Å²) in [6, 6.07) is 6.06. The van der Waals surface area contributed by atoms with Crippen LogP contribution in [0.3, 0.4) is 0 Å². The summed E-state index contributed by atoms with van der Waals surface area (Å²) in [6.07, 6.45) is 0. The van der Waals surface area contributed by atoms with Crippen molar-refractivity contribution < 1.29 is 33.0 Å². The van der Waals surface area contributed by atoms with Crippen molar-refractivity contribution in [3.8, 4) is 11.5 Å². The maximum atomic E-state index is 13.1. The van der Waals surface area contributed by atoms with Crippen molar-refractivity contribution in [2.75, 3.05) is 20.3 Å². The van der Waals surface area contributed by atoms with Crippen molar-refractivity contribution in [3.05, 3.63) is 46.9 Å². The molecule has 2 aliphatic rings. The SMILES string of the molecule is COC(=O)c1cc(CN2C(=O)N[C@@](C)(c3ccc4c(c3)OCCO4)C2=O)oc1C. The minimum Gasteiger partial charge on any atom is -0.486 e. The molecule has 1 saturated heterocycles. The number of nitrogens with one attached hydrogen (secondary N) is 1. The summed E-state index contributed by atoms with van der Waals surface area (Å²) in [5, 5.41) is 2.74. The summed E-state index contributed by atoms with van der Waals surface area (Å²) in [5.41, 5.74) is -0.433. The number of urea groups is 1. The van der Waals surface area contributed by atoms with Gasteiger partial charge in [0.15, 0.2) is 11.5 Å². The van der Waals surface area contributed by atoms with E-state index in [4.69, 9.17) is 18.6 Å². The second-order valence-corrected chi connectivity index (χ2v) is 6.98. The predicted molar refractivity (Wildman–Crippen MR) is 98.7 cm³/mol. The smallest absolute Gasteiger partial charge is 0.341 e. The molecule has 3 amide bonds. The van der Waals surface area contributed by atoms with Crippen molar-refractivity contribution in [2.24, 2.45) is 0 Å². The van der Waals surface area contributed by atoms with E-state index < -0.39 is 23.4 Å². The fraction of sp³-hybridized carbons (Fsp3) is 0.350. The predicted octanol–water partition coefficient (Wildman–Crippen LogP) is 2.11. The molecule has 2 aromatic rings. The molecule has 1 N–H and O–H groups in total. The fourth-order valence-electron chi connectivity index (χ4n) is 3.48. The molecular weight excluding hydrogens is 380 g/mol. The van der Waals surface area contributed by atoms with E-state index in [0.29, 0.717) is 41.8 Å². The zero-order chi connectivity index (χ0) is 20.8. The van der Waals surface area contributed by atoms with E-state index in [9.17, 15) is 14.4 Å². The molecule has 9 heteroatoms. The van der Waals surface area contributed by atoms with Crippen LogP contribution in [0, 0.1) is 6.92 Å². The number of imide groups is 1. The van der Waals surface area contributed by atoms with Crippen molar-refractivity contribution >= 4 is 17.9 Å². The van der Waals surface area contributed by atoms with Gasteiger partial charge in [0.25, 0.3) is 5.91 Å². The van der Waals surface area contributed by atoms with E-state index >= 15 is 0 Å². The molecule has 2 aliphatic heterocycles. The lowest BCUT2D eigenvalue weighted by atomic mass is 9.91. The third kappa shape index (κ3) is 3.08. The standard InChI is InChI=1S/C20H20N2O7/c1-11-14(17(23)26-3)9-13(29-11)10-22-18(24)20(2,21-19(22)25)12-4-5-15-16(8-12)28-7-6-27-15/h4-5,8-9H,6-7,10H2,1-3H3,(H,21,25)/t20-/m0/s1. The molecule has 3 heterocycles. The van der Waals surface area contributed by atoms with Crippen LogP contribution < -0.4 is 14.8 Å². The highest BCUT2D eigenvalue weighted by molar-refractivity contribution is 6.07. The second-order valence-electron chi connectivity index (χ2n) is 6.98. The number of carbonyl (C=O) groups excluding carboxylic acids is 3. The molecule has 0 spiro atoms. The van der Waals surface area contributed by atoms with Crippen LogP contribution >= 0.6 is 0 Å². The van der Waals surface area contributed by atoms with Crippen molar-refractivity contribution in [2.45, 2.75) is 25.9 Å². The number of aryl methyl sites for hydroxylation is 1. The molecule has 0 unspecified atom stereocenters. The molecule has 152 valence electrons. The Morgan fingerprint density at radius 3 is 2.66 bits per heavy atom. The average Bonchev–Trinajstić information content (AvgIpc) is 3.19. The van der Waals surface area contributed by atoms with Crippen LogP contribution in [0.25, 0.3) is 0 Å². The molecular formula is C20H20N2O7. The van der Waals surface area contributed by atoms with E-state index in [0.717, 1.165) is 4.90 Å². The average molecular weight is 400 g/mol. The number of furan rings is 1. The molecule has 1 aromatic heterocycles. The summed E-state index contributed by atoms with van der Waals surface area (Å²) in [5.74, 6) is 0.800. The van der Waals surface area contributed by atoms with Gasteiger partial charge in [-0.25, -0.2) is 9.59 Å². The topological polar surface area (TPSA) is 107 Å². The summed E-state index contributed by atoms with van der Waals surface area (Å²) in [7, 11) is 1.27. The number of amides is 3. The van der Waals surface area contributed by atoms with Gasteiger partial charge in [0.05, 0.1) is 13.7 Å². The van der Waals surface area contributed by atoms with Gasteiger partial charge in [-0.1, -0.05) is 6.07 Å². The third-order valence-electron chi connectivity index (χ3n) is 5.08. The van der Waals surface area contributed by atoms with Gasteiger partial charge in [0, 0.05) is 0 Å². The Morgan fingerprint density at radius 2 is 1.93 bits per heavy atom. The van der Waals surface area contributed by atoms with Crippen LogP contribution in [-0.4, -0.2) is 43.1 Å². The molecule has 0 saturated carbocycles. The van der Waals surface area contributed by atoms with Crippen LogP contribution in [0.1, 0.15) is 34.4 Å². The number of rotatable bonds is 4. The highest BCUT2D eigenvalue weighted by Crippen LogP contribution is 2.37. The maximum Gasteiger partial charge on any atom is 0.341 e. The van der Waals surface area contributed by atoms with Crippen molar-refractivity contribution in [1.29, 1.82) is 0 Å². The molecule has 1 atom stereocenters. The third-order valence-corrected chi connectivity index (χ3v) is 5.08. The number of hydrogen-bond donors (Lipinski definition) is 1. The minimum absolute atomic E-state index is 0.108. The summed E-state index contributed by atoms with van der Waals surface area (Å²) in [4.78, 5) is 38.5. The van der Waals surface area contributed by atoms with Gasteiger partial charge in [0.1, 0.15) is 35.8 Å². The first kappa shape index (κ1) is 18.9. The van der Waals surface area contributed by atoms with Crippen LogP contribution in [0.5, 0.6) is 11.5 Å². The van der Waals surface area contributed by atoms with E-state index in [1.165, 1.54) is 13.2 Å². The minimum atomic E-state index is -1.26. The summed E-state index contributed by atoms with van der Waals surface area (Å²) < 4.78 is 21.3. The van der Waals surface area contributed by atoms with Crippen LogP contribution in [0.2, 0.25) is 0 Å². The lowest BCUT2D eigenvalue weighted by molar-refractivity contribution is -0.131. The van der Waals surface area contributed by atoms with E-state index in [1.807, 2.05) is 0 Å². The Balaban J connectivity index is 1.60. The number of hydrogen-bond acceptors (Lipinski definition) is 7. The van der Waals surface area contributed by atoms with Gasteiger partial charge >= 0.3 is 12.0 Å². The Morgan fingerprint density at radius 1 is 1.21 bits per heavy atom. The molecule has 29 heavy (non-hydrogen) atoms. The molecule has 0 radical (unpaired) electrons. The van der Waals surface area contributed by atoms with Crippen molar-refractivity contribution in [1.82, 2.24) is 10.2 Å². The summed E-state index contributed by atoms with van der Waals surface area (Å²) >= 11 is 0. The molecule has 1 aromatic carbocycles. The number of carbonyl (C=O) groups is 3. The Hall–Kier alpha value is -3.49. The van der Waals surface area contributed by atoms with Crippen LogP contribution in [0.4, 0.5) is 4.79 Å². The zero-order valence-electron chi connectivity index (χ0n) is 16.2. The van der Waals surface area contributed by atoms with Gasteiger partial charge in [-0.3, -0.25) is 9.69 Å². The van der Waals surface area contributed by atoms with E-state index in [1.54, 1.807) is 32.0 Å². The van der Waals surface area contributed by atoms with Gasteiger partial charge in [0.2, 0.25) is 0 Å². The monoisotopic (exact) mass is 400 g/mol. The molecule has 9 nitrogen and oxygen atoms in total. The lowest BCUT2D eigenvalue weighted by Crippen LogP contribution is -2.40. The largest absolute Gasteiger partial charge is 0.486 e. The number of fused-ring (bicyclic) bond motifs is 1. The first-order chi connectivity index (χ1) is 13.8. The second kappa shape index (κ2) is 6.84. The van der Waals surface area contributed by atoms with E-state index in [-0.39, 0.29) is 12.1 Å². The Kier molecular flexibility index (Phi) is 4.45. The number of esters is 1.